The van der Waals surface area contributed by atoms with E-state index >= 15 is 0 Å². The third-order valence-electron chi connectivity index (χ3n) is 20.6. The second-order valence-corrected chi connectivity index (χ2v) is 28.1. The second kappa shape index (κ2) is 35.7. The van der Waals surface area contributed by atoms with Gasteiger partial charge in [-0.25, -0.2) is 52.7 Å². The molecule has 588 valence electrons. The van der Waals surface area contributed by atoms with Crippen molar-refractivity contribution in [1.29, 1.82) is 0 Å². The maximum atomic E-state index is 13.9. The van der Waals surface area contributed by atoms with E-state index in [2.05, 4.69) is 64.3 Å². The fourth-order valence-corrected chi connectivity index (χ4v) is 14.5. The molecule has 3 aliphatic rings. The predicted octanol–water partition coefficient (Wildman–Crippen LogP) is 8.96. The zero-order valence-corrected chi connectivity index (χ0v) is 63.5. The van der Waals surface area contributed by atoms with Crippen LogP contribution in [0.1, 0.15) is 122 Å². The molecule has 3 aliphatic heterocycles. The number of nitrogens with two attached hydrogens (primary N) is 3. The third kappa shape index (κ3) is 17.8. The number of carbonyl (C=O) groups excluding carboxylic acids is 6. The molecule has 0 saturated carbocycles. The molecule has 1 unspecified atom stereocenters. The number of benzene rings is 6. The molecule has 0 aliphatic carbocycles. The molecule has 0 bridgehead atoms. The van der Waals surface area contributed by atoms with Crippen molar-refractivity contribution in [3.05, 3.63) is 227 Å². The van der Waals surface area contributed by atoms with Crippen LogP contribution < -0.4 is 33.2 Å². The van der Waals surface area contributed by atoms with Crippen LogP contribution in [0.25, 0.3) is 66.9 Å². The molecule has 15 rings (SSSR count). The standard InChI is InChI=1S/C29H29N7O2.C28H31N7O4.C27H25F2N7O2/c1-3-7-24(37)35-15-6-9-22(17-35)36-28-25(27(30)32-18-33-28)26(34-36)21-13-11-20(12-14-21)16-31-29(38)23-10-5-4-8-19(23)2;1-17-5-2-3-7-21(17)27(38)30-13-18-8-10-19(11-9-18)24-23-25(29)31-16-32-26(23)35(33-24)20-6-4-12-34(14-20)28(39)22(37)15-36;1-2-22(37)35-11-3-4-19(14-35)36-26-23(25(30)32-15-33-26)24(34-36)17-7-5-16(6-8-17)13-31-27(38)20-12-18(28)9-10-21(20)29/h4-5,8,10-14,18,22H,6,9,15-17H2,1-2H3,(H,31,38)(H2,30,32,33);2-3,5,7-11,16,20,22,36-37H,4,6,12-15H2,1H3,(H,30,38)(H2,29,31,32);2,5-10,12,15,19H,1,3-4,11,13-14H2,(H,31,38)(H2,30,32,33)/t22-;20-,22?;19-/m111/s1. The molecule has 115 heavy (non-hydrogen) atoms. The number of aromatic nitrogens is 12. The van der Waals surface area contributed by atoms with Crippen molar-refractivity contribution in [2.24, 2.45) is 0 Å². The SMILES string of the molecule is C=CC(=O)N1CCC[C@@H](n2nc(-c3ccc(CNC(=O)c4cc(F)ccc4F)cc3)c3c(N)ncnc32)C1.CC#CC(=O)N1CCC[C@@H](n2nc(-c3ccc(CNC(=O)c4ccccc4C)cc3)c3c(N)ncnc32)C1.Cc1ccccc1C(=O)NCc1ccc(-c2nn([C@@H]3CCCN(C(=O)C(O)CO)C3)c3ncnc(N)c23)cc1. The number of likely N-dealkylation sites (tertiary alicyclic amines) is 3. The van der Waals surface area contributed by atoms with Gasteiger partial charge in [0, 0.05) is 86.7 Å². The Balaban J connectivity index is 0.000000150. The normalized spacial score (nSPS) is 15.6. The number of rotatable bonds is 18. The molecule has 29 nitrogen and oxygen atoms in total. The Morgan fingerprint density at radius 3 is 1.29 bits per heavy atom. The van der Waals surface area contributed by atoms with Gasteiger partial charge in [0.1, 0.15) is 65.2 Å². The quantitative estimate of drug-likeness (QED) is 0.0293. The van der Waals surface area contributed by atoms with Crippen molar-refractivity contribution in [2.45, 2.75) is 103 Å². The van der Waals surface area contributed by atoms with Crippen molar-refractivity contribution < 1.29 is 47.8 Å². The number of aryl methyl sites for hydroxylation is 2. The number of anilines is 3. The summed E-state index contributed by atoms with van der Waals surface area (Å²) in [6.07, 6.45) is 8.93. The summed E-state index contributed by atoms with van der Waals surface area (Å²) in [4.78, 5) is 106. The van der Waals surface area contributed by atoms with Gasteiger partial charge in [-0.3, -0.25) is 28.8 Å². The second-order valence-electron chi connectivity index (χ2n) is 28.1. The van der Waals surface area contributed by atoms with Gasteiger partial charge in [-0.15, -0.1) is 0 Å². The molecule has 0 radical (unpaired) electrons. The molecule has 31 heteroatoms. The molecule has 9 heterocycles. The van der Waals surface area contributed by atoms with Crippen molar-refractivity contribution in [3.8, 4) is 45.6 Å². The van der Waals surface area contributed by atoms with Gasteiger partial charge in [0.25, 0.3) is 29.5 Å². The summed E-state index contributed by atoms with van der Waals surface area (Å²) in [5.74, 6) is 3.04. The Kier molecular flexibility index (Phi) is 24.7. The van der Waals surface area contributed by atoms with Crippen LogP contribution in [0.3, 0.4) is 0 Å². The lowest BCUT2D eigenvalue weighted by Crippen LogP contribution is -2.46. The number of amides is 6. The van der Waals surface area contributed by atoms with Gasteiger partial charge in [0.2, 0.25) is 5.91 Å². The van der Waals surface area contributed by atoms with Crippen LogP contribution in [0.5, 0.6) is 0 Å². The summed E-state index contributed by atoms with van der Waals surface area (Å²) in [6.45, 7) is 12.5. The first-order valence-electron chi connectivity index (χ1n) is 37.5. The van der Waals surface area contributed by atoms with E-state index in [4.69, 9.17) is 32.5 Å². The molecule has 3 fully saturated rings. The highest BCUT2D eigenvalue weighted by Crippen LogP contribution is 2.38. The predicted molar refractivity (Wildman–Crippen MR) is 429 cm³/mol. The Hall–Kier alpha value is -13.7. The summed E-state index contributed by atoms with van der Waals surface area (Å²) < 4.78 is 32.8. The Morgan fingerprint density at radius 1 is 0.522 bits per heavy atom. The molecular weight excluding hydrogens is 1470 g/mol. The molecule has 0 spiro atoms. The number of fused-ring (bicyclic) bond motifs is 3. The average molecular weight is 1550 g/mol. The molecule has 6 amide bonds. The lowest BCUT2D eigenvalue weighted by Gasteiger charge is -2.33. The topological polar surface area (TPSA) is 398 Å². The lowest BCUT2D eigenvalue weighted by atomic mass is 10.0. The number of carbonyl (C=O) groups is 6. The van der Waals surface area contributed by atoms with Crippen molar-refractivity contribution >= 4 is 86.0 Å². The van der Waals surface area contributed by atoms with E-state index in [9.17, 15) is 47.8 Å². The minimum atomic E-state index is -1.44. The molecule has 6 aromatic heterocycles. The van der Waals surface area contributed by atoms with Gasteiger partial charge >= 0.3 is 0 Å². The zero-order chi connectivity index (χ0) is 81.0. The van der Waals surface area contributed by atoms with Gasteiger partial charge in [0.15, 0.2) is 23.0 Å². The minimum Gasteiger partial charge on any atom is -0.393 e. The minimum absolute atomic E-state index is 0.0483. The summed E-state index contributed by atoms with van der Waals surface area (Å²) in [7, 11) is 0. The highest BCUT2D eigenvalue weighted by molar-refractivity contribution is 6.02. The van der Waals surface area contributed by atoms with Gasteiger partial charge in [-0.2, -0.15) is 15.3 Å². The van der Waals surface area contributed by atoms with Crippen LogP contribution in [0.2, 0.25) is 0 Å². The van der Waals surface area contributed by atoms with E-state index in [0.29, 0.717) is 138 Å². The number of piperidine rings is 3. The Morgan fingerprint density at radius 2 is 0.896 bits per heavy atom. The van der Waals surface area contributed by atoms with Crippen LogP contribution in [0.4, 0.5) is 26.2 Å². The summed E-state index contributed by atoms with van der Waals surface area (Å²) in [6, 6.07) is 40.2. The molecular formula is C84H85F2N21O8. The van der Waals surface area contributed by atoms with Crippen LogP contribution in [0, 0.1) is 37.3 Å². The smallest absolute Gasteiger partial charge is 0.298 e. The summed E-state index contributed by atoms with van der Waals surface area (Å²) >= 11 is 0. The van der Waals surface area contributed by atoms with E-state index in [1.54, 1.807) is 44.5 Å². The maximum Gasteiger partial charge on any atom is 0.298 e. The fourth-order valence-electron chi connectivity index (χ4n) is 14.5. The van der Waals surface area contributed by atoms with Gasteiger partial charge in [0.05, 0.1) is 46.5 Å². The number of nitrogens with zero attached hydrogens (tertiary/aromatic N) is 15. The summed E-state index contributed by atoms with van der Waals surface area (Å²) in [5, 5.41) is 44.1. The van der Waals surface area contributed by atoms with E-state index in [0.717, 1.165) is 94.8 Å². The van der Waals surface area contributed by atoms with E-state index in [-0.39, 0.29) is 53.9 Å². The number of hydrogen-bond donors (Lipinski definition) is 8. The first-order chi connectivity index (χ1) is 55.7. The summed E-state index contributed by atoms with van der Waals surface area (Å²) in [5.41, 5.74) is 30.4. The highest BCUT2D eigenvalue weighted by atomic mass is 19.1. The molecule has 4 atom stereocenters. The van der Waals surface area contributed by atoms with Crippen LogP contribution >= 0.6 is 0 Å². The first kappa shape index (κ1) is 79.4. The van der Waals surface area contributed by atoms with Crippen molar-refractivity contribution in [2.75, 3.05) is 63.1 Å². The zero-order valence-electron chi connectivity index (χ0n) is 63.5. The Bertz CT molecular complexity index is 5710. The lowest BCUT2D eigenvalue weighted by molar-refractivity contribution is -0.143. The van der Waals surface area contributed by atoms with Gasteiger partial charge in [-0.1, -0.05) is 122 Å². The number of aliphatic hydroxyl groups excluding tert-OH is 2. The third-order valence-corrected chi connectivity index (χ3v) is 20.6. The number of nitrogen functional groups attached to an aromatic ring is 3. The fraction of sp³-hybridized carbons (Fsp3) is 0.274. The molecule has 11 N–H and O–H groups in total. The molecule has 12 aromatic rings. The number of hydrogen-bond acceptors (Lipinski definition) is 20. The van der Waals surface area contributed by atoms with Crippen molar-refractivity contribution in [1.82, 2.24) is 89.9 Å². The van der Waals surface area contributed by atoms with Crippen LogP contribution in [0.15, 0.2) is 171 Å². The highest BCUT2D eigenvalue weighted by Gasteiger charge is 2.34. The maximum absolute atomic E-state index is 13.9. The van der Waals surface area contributed by atoms with Gasteiger partial charge in [-0.05, 0) is 129 Å². The number of aliphatic hydroxyl groups is 2. The molecule has 3 saturated heterocycles. The van der Waals surface area contributed by atoms with E-state index < -0.39 is 36.2 Å². The first-order valence-corrected chi connectivity index (χ1v) is 37.5. The monoisotopic (exact) mass is 1550 g/mol. The van der Waals surface area contributed by atoms with Gasteiger partial charge < -0.3 is 58.1 Å². The van der Waals surface area contributed by atoms with E-state index in [1.165, 1.54) is 25.1 Å². The molecule has 6 aromatic carbocycles. The largest absolute Gasteiger partial charge is 0.393 e. The number of nitrogens with one attached hydrogen (secondary N) is 3. The Labute approximate surface area is 659 Å². The van der Waals surface area contributed by atoms with Crippen LogP contribution in [-0.2, 0) is 34.0 Å². The van der Waals surface area contributed by atoms with Crippen molar-refractivity contribution in [3.63, 3.8) is 0 Å². The number of halogens is 2. The van der Waals surface area contributed by atoms with E-state index in [1.807, 2.05) is 126 Å². The average Bonchev–Trinajstić information content (AvgIpc) is 1.62. The van der Waals surface area contributed by atoms with Crippen LogP contribution in [-0.4, -0.2) is 172 Å².